The highest BCUT2D eigenvalue weighted by molar-refractivity contribution is 6.34. The normalized spacial score (nSPS) is 12.6. The van der Waals surface area contributed by atoms with E-state index < -0.39 is 5.97 Å². The van der Waals surface area contributed by atoms with Crippen LogP contribution in [0.1, 0.15) is 13.3 Å². The Morgan fingerprint density at radius 1 is 1.80 bits per heavy atom. The number of carboxylic acids is 1. The van der Waals surface area contributed by atoms with Crippen molar-refractivity contribution in [3.8, 4) is 0 Å². The van der Waals surface area contributed by atoms with E-state index in [4.69, 9.17) is 16.2 Å². The van der Waals surface area contributed by atoms with Crippen LogP contribution in [0.25, 0.3) is 0 Å². The molecule has 0 aliphatic carbocycles. The van der Waals surface area contributed by atoms with Gasteiger partial charge < -0.3 is 10.8 Å². The van der Waals surface area contributed by atoms with Crippen molar-refractivity contribution in [1.29, 1.82) is 5.41 Å². The summed E-state index contributed by atoms with van der Waals surface area (Å²) in [6.07, 6.45) is 0.256. The van der Waals surface area contributed by atoms with Crippen LogP contribution in [-0.4, -0.2) is 23.3 Å². The summed E-state index contributed by atoms with van der Waals surface area (Å²) in [5, 5.41) is 15.2. The van der Waals surface area contributed by atoms with Gasteiger partial charge in [-0.1, -0.05) is 6.92 Å². The van der Waals surface area contributed by atoms with Crippen molar-refractivity contribution < 1.29 is 9.90 Å². The predicted octanol–water partition coefficient (Wildman–Crippen LogP) is 0.0757. The summed E-state index contributed by atoms with van der Waals surface area (Å²) >= 11 is 0. The minimum atomic E-state index is -1.15. The number of rotatable bonds is 4. The van der Waals surface area contributed by atoms with Gasteiger partial charge in [0, 0.05) is 6.42 Å². The fourth-order valence-corrected chi connectivity index (χ4v) is 0.519. The number of nitrogens with two attached hydrogens (primary N) is 1. The van der Waals surface area contributed by atoms with Gasteiger partial charge in [-0.3, -0.25) is 5.41 Å². The van der Waals surface area contributed by atoms with Gasteiger partial charge in [0.25, 0.3) is 0 Å². The van der Waals surface area contributed by atoms with Crippen molar-refractivity contribution in [2.75, 3.05) is 6.54 Å². The van der Waals surface area contributed by atoms with Crippen molar-refractivity contribution in [1.82, 2.24) is 0 Å². The molecule has 0 aromatic carbocycles. The molecule has 0 spiro atoms. The van der Waals surface area contributed by atoms with Gasteiger partial charge >= 0.3 is 5.97 Å². The average Bonchev–Trinajstić information content (AvgIpc) is 1.87. The second-order valence-electron chi connectivity index (χ2n) is 2.33. The van der Waals surface area contributed by atoms with Crippen LogP contribution >= 0.6 is 0 Å². The molecule has 58 valence electrons. The van der Waals surface area contributed by atoms with Crippen molar-refractivity contribution in [3.63, 3.8) is 0 Å². The van der Waals surface area contributed by atoms with E-state index in [0.717, 1.165) is 0 Å². The van der Waals surface area contributed by atoms with Crippen molar-refractivity contribution in [3.05, 3.63) is 0 Å². The zero-order valence-electron chi connectivity index (χ0n) is 5.92. The lowest BCUT2D eigenvalue weighted by molar-refractivity contribution is -0.129. The van der Waals surface area contributed by atoms with Crippen LogP contribution in [0.15, 0.2) is 0 Å². The molecule has 4 N–H and O–H groups in total. The van der Waals surface area contributed by atoms with E-state index >= 15 is 0 Å². The van der Waals surface area contributed by atoms with E-state index in [0.29, 0.717) is 6.54 Å². The summed E-state index contributed by atoms with van der Waals surface area (Å²) in [7, 11) is 0. The lowest BCUT2D eigenvalue weighted by Crippen LogP contribution is -2.19. The highest BCUT2D eigenvalue weighted by Crippen LogP contribution is 1.99. The van der Waals surface area contributed by atoms with Gasteiger partial charge in [0.2, 0.25) is 0 Å². The van der Waals surface area contributed by atoms with Crippen LogP contribution in [0.4, 0.5) is 0 Å². The van der Waals surface area contributed by atoms with Gasteiger partial charge in [-0.15, -0.1) is 0 Å². The fraction of sp³-hybridized carbons (Fsp3) is 0.667. The molecule has 0 rings (SSSR count). The topological polar surface area (TPSA) is 87.2 Å². The second-order valence-corrected chi connectivity index (χ2v) is 2.33. The van der Waals surface area contributed by atoms with Crippen molar-refractivity contribution >= 4 is 11.7 Å². The number of aliphatic carboxylic acids is 1. The Labute approximate surface area is 59.5 Å². The first-order valence-electron chi connectivity index (χ1n) is 3.08. The number of hydrogen-bond donors (Lipinski definition) is 3. The molecule has 4 nitrogen and oxygen atoms in total. The largest absolute Gasteiger partial charge is 0.477 e. The Morgan fingerprint density at radius 2 is 2.30 bits per heavy atom. The summed E-state index contributed by atoms with van der Waals surface area (Å²) in [5.74, 6) is -1.07. The number of carbonyl (C=O) groups is 1. The molecular formula is C6H12N2O2. The Morgan fingerprint density at radius 3 is 2.60 bits per heavy atom. The molecule has 0 aliphatic heterocycles. The van der Waals surface area contributed by atoms with Crippen molar-refractivity contribution in [2.24, 2.45) is 11.7 Å². The van der Waals surface area contributed by atoms with Crippen molar-refractivity contribution in [2.45, 2.75) is 13.3 Å². The minimum Gasteiger partial charge on any atom is -0.477 e. The average molecular weight is 144 g/mol. The van der Waals surface area contributed by atoms with Crippen LogP contribution in [-0.2, 0) is 4.79 Å². The second kappa shape index (κ2) is 4.00. The molecule has 0 saturated heterocycles. The molecule has 0 fully saturated rings. The first-order valence-corrected chi connectivity index (χ1v) is 3.08. The van der Waals surface area contributed by atoms with E-state index in [-0.39, 0.29) is 18.1 Å². The summed E-state index contributed by atoms with van der Waals surface area (Å²) in [6.45, 7) is 2.24. The van der Waals surface area contributed by atoms with Crippen LogP contribution < -0.4 is 5.73 Å². The Hall–Kier alpha value is -0.900. The summed E-state index contributed by atoms with van der Waals surface area (Å²) in [4.78, 5) is 10.1. The maximum atomic E-state index is 10.1. The fourth-order valence-electron chi connectivity index (χ4n) is 0.519. The van der Waals surface area contributed by atoms with E-state index in [9.17, 15) is 4.79 Å². The van der Waals surface area contributed by atoms with Gasteiger partial charge in [-0.25, -0.2) is 4.79 Å². The molecular weight excluding hydrogens is 132 g/mol. The summed E-state index contributed by atoms with van der Waals surface area (Å²) in [6, 6.07) is 0. The van der Waals surface area contributed by atoms with Gasteiger partial charge in [0.1, 0.15) is 5.71 Å². The van der Waals surface area contributed by atoms with Crippen LogP contribution in [0.2, 0.25) is 0 Å². The van der Waals surface area contributed by atoms with E-state index in [1.54, 1.807) is 0 Å². The Balaban J connectivity index is 3.68. The zero-order chi connectivity index (χ0) is 8.15. The molecule has 0 saturated carbocycles. The highest BCUT2D eigenvalue weighted by Gasteiger charge is 2.09. The molecule has 0 radical (unpaired) electrons. The molecule has 0 aromatic heterocycles. The standard InChI is InChI=1S/C6H12N2O2/c1-4(3-7)2-5(8)6(9)10/h4,8H,2-3,7H2,1H3,(H,9,10)/t4-/m0/s1. The van der Waals surface area contributed by atoms with E-state index in [1.807, 2.05) is 6.92 Å². The maximum Gasteiger partial charge on any atom is 0.349 e. The van der Waals surface area contributed by atoms with E-state index in [2.05, 4.69) is 0 Å². The van der Waals surface area contributed by atoms with Crippen LogP contribution in [0.5, 0.6) is 0 Å². The van der Waals surface area contributed by atoms with Gasteiger partial charge in [0.15, 0.2) is 0 Å². The van der Waals surface area contributed by atoms with E-state index in [1.165, 1.54) is 0 Å². The lowest BCUT2D eigenvalue weighted by Gasteiger charge is -2.04. The monoisotopic (exact) mass is 144 g/mol. The SMILES string of the molecule is C[C@H](CN)CC(=N)C(=O)O. The summed E-state index contributed by atoms with van der Waals surface area (Å²) in [5.41, 5.74) is 4.97. The maximum absolute atomic E-state index is 10.1. The smallest absolute Gasteiger partial charge is 0.349 e. The van der Waals surface area contributed by atoms with Gasteiger partial charge in [-0.05, 0) is 12.5 Å². The third-order valence-electron chi connectivity index (χ3n) is 1.21. The number of hydrogen-bond acceptors (Lipinski definition) is 3. The first-order chi connectivity index (χ1) is 4.57. The third-order valence-corrected chi connectivity index (χ3v) is 1.21. The first kappa shape index (κ1) is 9.10. The number of carboxylic acid groups (broad SMARTS) is 1. The Bertz CT molecular complexity index is 145. The molecule has 10 heavy (non-hydrogen) atoms. The van der Waals surface area contributed by atoms with Gasteiger partial charge in [0.05, 0.1) is 0 Å². The molecule has 4 heteroatoms. The molecule has 0 aromatic rings. The molecule has 0 bridgehead atoms. The van der Waals surface area contributed by atoms with Crippen LogP contribution in [0.3, 0.4) is 0 Å². The molecule has 1 atom stereocenters. The molecule has 0 aliphatic rings. The predicted molar refractivity (Wildman–Crippen MR) is 38.2 cm³/mol. The quantitative estimate of drug-likeness (QED) is 0.488. The highest BCUT2D eigenvalue weighted by atomic mass is 16.4. The third kappa shape index (κ3) is 3.19. The lowest BCUT2D eigenvalue weighted by atomic mass is 10.1. The molecule has 0 heterocycles. The zero-order valence-corrected chi connectivity index (χ0v) is 5.92. The molecule has 0 unspecified atom stereocenters. The minimum absolute atomic E-state index is 0.0867. The van der Waals surface area contributed by atoms with Gasteiger partial charge in [-0.2, -0.15) is 0 Å². The summed E-state index contributed by atoms with van der Waals surface area (Å²) < 4.78 is 0. The molecule has 0 amide bonds. The van der Waals surface area contributed by atoms with Crippen LogP contribution in [0, 0.1) is 11.3 Å². The number of nitrogens with one attached hydrogen (secondary N) is 1. The Kier molecular flexibility index (Phi) is 3.64.